The third-order valence-corrected chi connectivity index (χ3v) is 4.36. The molecule has 0 amide bonds. The quantitative estimate of drug-likeness (QED) is 0.854. The third-order valence-electron chi connectivity index (χ3n) is 4.36. The molecule has 0 heterocycles. The zero-order valence-electron chi connectivity index (χ0n) is 11.5. The number of aryl methyl sites for hydroxylation is 2. The lowest BCUT2D eigenvalue weighted by Crippen LogP contribution is -2.33. The minimum atomic E-state index is -0.642. The summed E-state index contributed by atoms with van der Waals surface area (Å²) >= 11 is 0. The van der Waals surface area contributed by atoms with E-state index in [1.54, 1.807) is 0 Å². The van der Waals surface area contributed by atoms with E-state index < -0.39 is 11.4 Å². The monoisotopic (exact) mass is 246 g/mol. The van der Waals surface area contributed by atoms with Gasteiger partial charge in [-0.15, -0.1) is 0 Å². The first-order chi connectivity index (χ1) is 8.42. The van der Waals surface area contributed by atoms with Gasteiger partial charge in [0.25, 0.3) is 0 Å². The van der Waals surface area contributed by atoms with Crippen LogP contribution in [0, 0.1) is 19.3 Å². The molecule has 2 heteroatoms. The zero-order chi connectivity index (χ0) is 13.3. The molecule has 1 fully saturated rings. The second kappa shape index (κ2) is 4.75. The van der Waals surface area contributed by atoms with Gasteiger partial charge >= 0.3 is 5.97 Å². The number of rotatable bonds is 2. The molecule has 0 spiro atoms. The molecule has 98 valence electrons. The first-order valence-corrected chi connectivity index (χ1v) is 6.73. The molecule has 2 rings (SSSR count). The van der Waals surface area contributed by atoms with Crippen molar-refractivity contribution in [2.75, 3.05) is 0 Å². The van der Waals surface area contributed by atoms with Crippen molar-refractivity contribution in [2.45, 2.75) is 52.4 Å². The second-order valence-corrected chi connectivity index (χ2v) is 6.02. The van der Waals surface area contributed by atoms with Crippen LogP contribution in [0.1, 0.15) is 55.2 Å². The van der Waals surface area contributed by atoms with Crippen LogP contribution in [0.15, 0.2) is 18.2 Å². The number of carboxylic acids is 1. The highest BCUT2D eigenvalue weighted by Crippen LogP contribution is 2.44. The molecule has 1 aromatic rings. The molecule has 2 unspecified atom stereocenters. The Morgan fingerprint density at radius 1 is 1.39 bits per heavy atom. The summed E-state index contributed by atoms with van der Waals surface area (Å²) in [6, 6.07) is 6.51. The second-order valence-electron chi connectivity index (χ2n) is 6.02. The molecule has 0 radical (unpaired) electrons. The summed E-state index contributed by atoms with van der Waals surface area (Å²) in [4.78, 5) is 11.4. The van der Waals surface area contributed by atoms with Gasteiger partial charge in [0, 0.05) is 0 Å². The number of benzene rings is 1. The number of aliphatic carboxylic acids is 1. The van der Waals surface area contributed by atoms with E-state index in [4.69, 9.17) is 0 Å². The van der Waals surface area contributed by atoms with Crippen LogP contribution in [-0.4, -0.2) is 11.1 Å². The summed E-state index contributed by atoms with van der Waals surface area (Å²) in [6.45, 7) is 6.12. The maximum atomic E-state index is 11.4. The normalized spacial score (nSPS) is 28.1. The molecule has 2 nitrogen and oxygen atoms in total. The molecular weight excluding hydrogens is 224 g/mol. The van der Waals surface area contributed by atoms with E-state index in [0.29, 0.717) is 5.92 Å². The highest BCUT2D eigenvalue weighted by atomic mass is 16.4. The minimum Gasteiger partial charge on any atom is -0.481 e. The van der Waals surface area contributed by atoms with E-state index in [-0.39, 0.29) is 0 Å². The highest BCUT2D eigenvalue weighted by molar-refractivity contribution is 5.74. The van der Waals surface area contributed by atoms with E-state index in [1.165, 1.54) is 16.7 Å². The van der Waals surface area contributed by atoms with Crippen LogP contribution in [0.4, 0.5) is 0 Å². The largest absolute Gasteiger partial charge is 0.481 e. The standard InChI is InChI=1S/C16H22O2/c1-11-6-7-14(12(2)9-11)13-5-4-8-16(3,10-13)15(17)18/h6-7,9,13H,4-5,8,10H2,1-3H3,(H,17,18). The molecule has 1 aliphatic carbocycles. The van der Waals surface area contributed by atoms with E-state index in [9.17, 15) is 9.90 Å². The summed E-state index contributed by atoms with van der Waals surface area (Å²) in [7, 11) is 0. The van der Waals surface area contributed by atoms with Crippen LogP contribution < -0.4 is 0 Å². The third kappa shape index (κ3) is 2.43. The van der Waals surface area contributed by atoms with E-state index >= 15 is 0 Å². The Bertz CT molecular complexity index is 464. The summed E-state index contributed by atoms with van der Waals surface area (Å²) in [5, 5.41) is 9.38. The van der Waals surface area contributed by atoms with Crippen molar-refractivity contribution in [3.05, 3.63) is 34.9 Å². The Morgan fingerprint density at radius 3 is 2.72 bits per heavy atom. The average molecular weight is 246 g/mol. The molecule has 18 heavy (non-hydrogen) atoms. The molecular formula is C16H22O2. The van der Waals surface area contributed by atoms with Crippen LogP contribution in [0.3, 0.4) is 0 Å². The molecule has 1 N–H and O–H groups in total. The lowest BCUT2D eigenvalue weighted by atomic mass is 9.68. The molecule has 1 aromatic carbocycles. The lowest BCUT2D eigenvalue weighted by molar-refractivity contribution is -0.150. The average Bonchev–Trinajstić information content (AvgIpc) is 2.28. The van der Waals surface area contributed by atoms with Crippen molar-refractivity contribution in [3.63, 3.8) is 0 Å². The van der Waals surface area contributed by atoms with Crippen molar-refractivity contribution >= 4 is 5.97 Å². The molecule has 0 aromatic heterocycles. The van der Waals surface area contributed by atoms with Gasteiger partial charge in [0.2, 0.25) is 0 Å². The van der Waals surface area contributed by atoms with E-state index in [2.05, 4.69) is 32.0 Å². The summed E-state index contributed by atoms with van der Waals surface area (Å²) in [5.74, 6) is -0.239. The number of carbonyl (C=O) groups is 1. The molecule has 0 aliphatic heterocycles. The Kier molecular flexibility index (Phi) is 3.47. The van der Waals surface area contributed by atoms with Gasteiger partial charge < -0.3 is 5.11 Å². The topological polar surface area (TPSA) is 37.3 Å². The van der Waals surface area contributed by atoms with Crippen molar-refractivity contribution in [3.8, 4) is 0 Å². The van der Waals surface area contributed by atoms with Crippen LogP contribution >= 0.6 is 0 Å². The van der Waals surface area contributed by atoms with Crippen LogP contribution in [0.25, 0.3) is 0 Å². The number of hydrogen-bond donors (Lipinski definition) is 1. The molecule has 0 saturated heterocycles. The fourth-order valence-electron chi connectivity index (χ4n) is 3.23. The van der Waals surface area contributed by atoms with Crippen molar-refractivity contribution in [2.24, 2.45) is 5.41 Å². The maximum Gasteiger partial charge on any atom is 0.309 e. The summed E-state index contributed by atoms with van der Waals surface area (Å²) < 4.78 is 0. The first-order valence-electron chi connectivity index (χ1n) is 6.73. The molecule has 2 atom stereocenters. The smallest absolute Gasteiger partial charge is 0.309 e. The van der Waals surface area contributed by atoms with Gasteiger partial charge in [0.05, 0.1) is 5.41 Å². The van der Waals surface area contributed by atoms with Crippen molar-refractivity contribution < 1.29 is 9.90 Å². The van der Waals surface area contributed by atoms with Gasteiger partial charge in [0.15, 0.2) is 0 Å². The van der Waals surface area contributed by atoms with E-state index in [0.717, 1.165) is 25.7 Å². The Hall–Kier alpha value is -1.31. The fourth-order valence-corrected chi connectivity index (χ4v) is 3.23. The predicted molar refractivity (Wildman–Crippen MR) is 72.9 cm³/mol. The van der Waals surface area contributed by atoms with Crippen LogP contribution in [0.2, 0.25) is 0 Å². The summed E-state index contributed by atoms with van der Waals surface area (Å²) in [6.07, 6.45) is 3.71. The first kappa shape index (κ1) is 13.1. The summed E-state index contributed by atoms with van der Waals surface area (Å²) in [5.41, 5.74) is 3.37. The Balaban J connectivity index is 2.26. The maximum absolute atomic E-state index is 11.4. The number of hydrogen-bond acceptors (Lipinski definition) is 1. The van der Waals surface area contributed by atoms with Gasteiger partial charge in [-0.05, 0) is 57.1 Å². The molecule has 1 saturated carbocycles. The van der Waals surface area contributed by atoms with Crippen LogP contribution in [0.5, 0.6) is 0 Å². The van der Waals surface area contributed by atoms with Crippen molar-refractivity contribution in [1.82, 2.24) is 0 Å². The van der Waals surface area contributed by atoms with Gasteiger partial charge in [-0.3, -0.25) is 4.79 Å². The predicted octanol–water partition coefficient (Wildman–Crippen LogP) is 4.05. The highest BCUT2D eigenvalue weighted by Gasteiger charge is 2.39. The van der Waals surface area contributed by atoms with Gasteiger partial charge in [-0.2, -0.15) is 0 Å². The minimum absolute atomic E-state index is 0.403. The number of carboxylic acid groups (broad SMARTS) is 1. The Morgan fingerprint density at radius 2 is 2.11 bits per heavy atom. The van der Waals surface area contributed by atoms with Gasteiger partial charge in [0.1, 0.15) is 0 Å². The van der Waals surface area contributed by atoms with Gasteiger partial charge in [-0.25, -0.2) is 0 Å². The fraction of sp³-hybridized carbons (Fsp3) is 0.562. The molecule has 1 aliphatic rings. The zero-order valence-corrected chi connectivity index (χ0v) is 11.5. The molecule has 0 bridgehead atoms. The van der Waals surface area contributed by atoms with Gasteiger partial charge in [-0.1, -0.05) is 30.2 Å². The Labute approximate surface area is 109 Å². The lowest BCUT2D eigenvalue weighted by Gasteiger charge is -2.35. The SMILES string of the molecule is Cc1ccc(C2CCCC(C)(C(=O)O)C2)c(C)c1. The van der Waals surface area contributed by atoms with Crippen LogP contribution in [-0.2, 0) is 4.79 Å². The van der Waals surface area contributed by atoms with Crippen molar-refractivity contribution in [1.29, 1.82) is 0 Å². The van der Waals surface area contributed by atoms with E-state index in [1.807, 2.05) is 6.92 Å².